The van der Waals surface area contributed by atoms with Gasteiger partial charge in [-0.15, -0.1) is 0 Å². The summed E-state index contributed by atoms with van der Waals surface area (Å²) in [5.41, 5.74) is 6.95. The van der Waals surface area contributed by atoms with Crippen molar-refractivity contribution in [3.05, 3.63) is 28.8 Å². The van der Waals surface area contributed by atoms with E-state index in [1.165, 1.54) is 0 Å². The highest BCUT2D eigenvalue weighted by atomic mass is 35.5. The number of methoxy groups -OCH3 is 1. The van der Waals surface area contributed by atoms with Gasteiger partial charge in [-0.3, -0.25) is 0 Å². The van der Waals surface area contributed by atoms with Crippen molar-refractivity contribution in [2.75, 3.05) is 13.7 Å². The molecule has 0 radical (unpaired) electrons. The largest absolute Gasteiger partial charge is 0.495 e. The van der Waals surface area contributed by atoms with Gasteiger partial charge in [-0.05, 0) is 24.1 Å². The molecule has 1 aromatic rings. The zero-order valence-corrected chi connectivity index (χ0v) is 9.33. The Morgan fingerprint density at radius 2 is 2.33 bits per heavy atom. The van der Waals surface area contributed by atoms with Crippen LogP contribution in [0, 0.1) is 0 Å². The normalized spacial score (nSPS) is 25.5. The number of hydrogen-bond donors (Lipinski definition) is 1. The van der Waals surface area contributed by atoms with Gasteiger partial charge in [0, 0.05) is 12.6 Å². The number of ether oxygens (including phenoxy) is 2. The summed E-state index contributed by atoms with van der Waals surface area (Å²) in [6.07, 6.45) is 0.863. The molecule has 15 heavy (non-hydrogen) atoms. The summed E-state index contributed by atoms with van der Waals surface area (Å²) in [5, 5.41) is 0.595. The first-order valence-corrected chi connectivity index (χ1v) is 5.31. The van der Waals surface area contributed by atoms with E-state index in [9.17, 15) is 0 Å². The molecule has 0 bridgehead atoms. The van der Waals surface area contributed by atoms with Crippen LogP contribution in [0.1, 0.15) is 18.1 Å². The van der Waals surface area contributed by atoms with Gasteiger partial charge in [0.15, 0.2) is 0 Å². The van der Waals surface area contributed by atoms with Gasteiger partial charge in [-0.2, -0.15) is 0 Å². The molecule has 4 heteroatoms. The lowest BCUT2D eigenvalue weighted by molar-refractivity contribution is 0.105. The Balaban J connectivity index is 2.25. The maximum Gasteiger partial charge on any atom is 0.137 e. The van der Waals surface area contributed by atoms with Crippen molar-refractivity contribution >= 4 is 11.6 Å². The lowest BCUT2D eigenvalue weighted by Crippen LogP contribution is -2.23. The number of hydrogen-bond acceptors (Lipinski definition) is 3. The molecule has 1 aromatic carbocycles. The number of halogens is 1. The monoisotopic (exact) mass is 227 g/mol. The minimum atomic E-state index is -0.0339. The second-order valence-corrected chi connectivity index (χ2v) is 4.05. The summed E-state index contributed by atoms with van der Waals surface area (Å²) in [5.74, 6) is 0.673. The standard InChI is InChI=1S/C11H14ClNO2/c1-14-10-3-2-7(6-8(10)12)11-9(13)4-5-15-11/h2-3,6,9,11H,4-5,13H2,1H3. The molecule has 2 rings (SSSR count). The van der Waals surface area contributed by atoms with Crippen LogP contribution in [0.4, 0.5) is 0 Å². The highest BCUT2D eigenvalue weighted by Crippen LogP contribution is 2.32. The highest BCUT2D eigenvalue weighted by molar-refractivity contribution is 6.32. The average Bonchev–Trinajstić information content (AvgIpc) is 2.64. The molecule has 82 valence electrons. The number of benzene rings is 1. The van der Waals surface area contributed by atoms with Gasteiger partial charge < -0.3 is 15.2 Å². The molecule has 2 atom stereocenters. The molecule has 2 N–H and O–H groups in total. The quantitative estimate of drug-likeness (QED) is 0.842. The van der Waals surface area contributed by atoms with Crippen LogP contribution in [-0.4, -0.2) is 19.8 Å². The molecular weight excluding hydrogens is 214 g/mol. The Morgan fingerprint density at radius 3 is 2.87 bits per heavy atom. The van der Waals surface area contributed by atoms with E-state index in [1.807, 2.05) is 18.2 Å². The average molecular weight is 228 g/mol. The van der Waals surface area contributed by atoms with Gasteiger partial charge in [0.1, 0.15) is 5.75 Å². The van der Waals surface area contributed by atoms with Crippen LogP contribution in [0.15, 0.2) is 18.2 Å². The SMILES string of the molecule is COc1ccc(C2OCCC2N)cc1Cl. The summed E-state index contributed by atoms with van der Waals surface area (Å²) in [6, 6.07) is 5.71. The van der Waals surface area contributed by atoms with Crippen LogP contribution in [-0.2, 0) is 4.74 Å². The van der Waals surface area contributed by atoms with E-state index in [-0.39, 0.29) is 12.1 Å². The molecule has 0 spiro atoms. The first kappa shape index (κ1) is 10.7. The molecule has 2 unspecified atom stereocenters. The first-order chi connectivity index (χ1) is 7.22. The fraction of sp³-hybridized carbons (Fsp3) is 0.455. The maximum absolute atomic E-state index is 6.03. The minimum Gasteiger partial charge on any atom is -0.495 e. The topological polar surface area (TPSA) is 44.5 Å². The maximum atomic E-state index is 6.03. The van der Waals surface area contributed by atoms with Gasteiger partial charge in [0.2, 0.25) is 0 Å². The van der Waals surface area contributed by atoms with Crippen LogP contribution >= 0.6 is 11.6 Å². The zero-order valence-electron chi connectivity index (χ0n) is 8.57. The van der Waals surface area contributed by atoms with Gasteiger partial charge in [0.05, 0.1) is 18.2 Å². The summed E-state index contributed by atoms with van der Waals surface area (Å²) in [7, 11) is 1.60. The van der Waals surface area contributed by atoms with Crippen molar-refractivity contribution < 1.29 is 9.47 Å². The lowest BCUT2D eigenvalue weighted by Gasteiger charge is -2.15. The Kier molecular flexibility index (Phi) is 3.14. The highest BCUT2D eigenvalue weighted by Gasteiger charge is 2.26. The summed E-state index contributed by atoms with van der Waals surface area (Å²) >= 11 is 6.03. The summed E-state index contributed by atoms with van der Waals surface area (Å²) in [6.45, 7) is 0.718. The molecular formula is C11H14ClNO2. The molecule has 0 amide bonds. The van der Waals surface area contributed by atoms with Crippen LogP contribution in [0.2, 0.25) is 5.02 Å². The van der Waals surface area contributed by atoms with Crippen molar-refractivity contribution in [2.45, 2.75) is 18.6 Å². The third kappa shape index (κ3) is 2.09. The second-order valence-electron chi connectivity index (χ2n) is 3.64. The van der Waals surface area contributed by atoms with Crippen LogP contribution in [0.25, 0.3) is 0 Å². The summed E-state index contributed by atoms with van der Waals surface area (Å²) in [4.78, 5) is 0. The van der Waals surface area contributed by atoms with Crippen LogP contribution < -0.4 is 10.5 Å². The molecule has 1 fully saturated rings. The number of nitrogens with two attached hydrogens (primary N) is 1. The molecule has 1 aliphatic rings. The van der Waals surface area contributed by atoms with Crippen molar-refractivity contribution in [2.24, 2.45) is 5.73 Å². The van der Waals surface area contributed by atoms with Crippen molar-refractivity contribution in [3.63, 3.8) is 0 Å². The first-order valence-electron chi connectivity index (χ1n) is 4.93. The van der Waals surface area contributed by atoms with E-state index in [0.29, 0.717) is 10.8 Å². The Bertz CT molecular complexity index is 356. The van der Waals surface area contributed by atoms with Crippen LogP contribution in [0.5, 0.6) is 5.75 Å². The molecule has 0 saturated carbocycles. The van der Waals surface area contributed by atoms with E-state index in [1.54, 1.807) is 7.11 Å². The van der Waals surface area contributed by atoms with Crippen molar-refractivity contribution in [3.8, 4) is 5.75 Å². The van der Waals surface area contributed by atoms with Gasteiger partial charge in [-0.1, -0.05) is 17.7 Å². The molecule has 3 nitrogen and oxygen atoms in total. The molecule has 0 aliphatic carbocycles. The minimum absolute atomic E-state index is 0.0339. The molecule has 1 saturated heterocycles. The van der Waals surface area contributed by atoms with E-state index in [4.69, 9.17) is 26.8 Å². The Labute approximate surface area is 94.1 Å². The van der Waals surface area contributed by atoms with E-state index < -0.39 is 0 Å². The van der Waals surface area contributed by atoms with Crippen molar-refractivity contribution in [1.29, 1.82) is 0 Å². The van der Waals surface area contributed by atoms with Gasteiger partial charge >= 0.3 is 0 Å². The van der Waals surface area contributed by atoms with E-state index >= 15 is 0 Å². The van der Waals surface area contributed by atoms with Crippen molar-refractivity contribution in [1.82, 2.24) is 0 Å². The predicted octanol–water partition coefficient (Wildman–Crippen LogP) is 2.14. The third-order valence-corrected chi connectivity index (χ3v) is 2.94. The van der Waals surface area contributed by atoms with E-state index in [2.05, 4.69) is 0 Å². The second kappa shape index (κ2) is 4.39. The number of rotatable bonds is 2. The van der Waals surface area contributed by atoms with Gasteiger partial charge in [0.25, 0.3) is 0 Å². The fourth-order valence-electron chi connectivity index (χ4n) is 1.81. The van der Waals surface area contributed by atoms with Gasteiger partial charge in [-0.25, -0.2) is 0 Å². The molecule has 0 aromatic heterocycles. The molecule has 1 heterocycles. The Hall–Kier alpha value is -0.770. The zero-order chi connectivity index (χ0) is 10.8. The summed E-state index contributed by atoms with van der Waals surface area (Å²) < 4.78 is 10.6. The smallest absolute Gasteiger partial charge is 0.137 e. The third-order valence-electron chi connectivity index (χ3n) is 2.64. The predicted molar refractivity (Wildman–Crippen MR) is 59.3 cm³/mol. The molecule has 1 aliphatic heterocycles. The lowest BCUT2D eigenvalue weighted by atomic mass is 10.0. The fourth-order valence-corrected chi connectivity index (χ4v) is 2.08. The van der Waals surface area contributed by atoms with Crippen LogP contribution in [0.3, 0.4) is 0 Å². The Morgan fingerprint density at radius 1 is 1.53 bits per heavy atom. The van der Waals surface area contributed by atoms with E-state index in [0.717, 1.165) is 18.6 Å².